The largest absolute Gasteiger partial charge is 0.331 e. The maximum absolute atomic E-state index is 13.0. The zero-order valence-electron chi connectivity index (χ0n) is 13.3. The summed E-state index contributed by atoms with van der Waals surface area (Å²) < 4.78 is 4.76. The molecule has 2 bridgehead atoms. The fourth-order valence-corrected chi connectivity index (χ4v) is 4.45. The highest BCUT2D eigenvalue weighted by atomic mass is 79.9. The summed E-state index contributed by atoms with van der Waals surface area (Å²) in [6.45, 7) is 1.92. The van der Waals surface area contributed by atoms with Crippen LogP contribution >= 0.6 is 15.9 Å². The van der Waals surface area contributed by atoms with E-state index in [0.29, 0.717) is 23.8 Å². The lowest BCUT2D eigenvalue weighted by Gasteiger charge is -2.39. The molecule has 1 amide bonds. The Hall–Kier alpha value is -1.63. The summed E-state index contributed by atoms with van der Waals surface area (Å²) >= 11 is 3.46. The molecule has 2 aromatic heterocycles. The maximum Gasteiger partial charge on any atom is 0.272 e. The van der Waals surface area contributed by atoms with E-state index >= 15 is 0 Å². The molecule has 0 radical (unpaired) electrons. The predicted molar refractivity (Wildman–Crippen MR) is 89.1 cm³/mol. The van der Waals surface area contributed by atoms with Gasteiger partial charge in [-0.1, -0.05) is 0 Å². The number of hydrogen-bond donors (Lipinski definition) is 0. The third-order valence-corrected chi connectivity index (χ3v) is 5.52. The van der Waals surface area contributed by atoms with Gasteiger partial charge in [0.15, 0.2) is 0 Å². The van der Waals surface area contributed by atoms with Crippen molar-refractivity contribution in [1.29, 1.82) is 0 Å². The van der Waals surface area contributed by atoms with E-state index in [0.717, 1.165) is 35.8 Å². The lowest BCUT2D eigenvalue weighted by atomic mass is 9.97. The molecule has 0 spiro atoms. The molecule has 6 nitrogen and oxygen atoms in total. The maximum atomic E-state index is 13.0. The van der Waals surface area contributed by atoms with Crippen LogP contribution in [-0.4, -0.2) is 42.5 Å². The van der Waals surface area contributed by atoms with Crippen molar-refractivity contribution in [3.8, 4) is 0 Å². The molecule has 0 aliphatic carbocycles. The van der Waals surface area contributed by atoms with Crippen molar-refractivity contribution in [2.24, 2.45) is 7.05 Å². The van der Waals surface area contributed by atoms with Crippen LogP contribution in [-0.2, 0) is 7.05 Å². The summed E-state index contributed by atoms with van der Waals surface area (Å²) in [5.74, 6) is 0.126. The molecule has 2 aromatic rings. The van der Waals surface area contributed by atoms with Gasteiger partial charge < -0.3 is 4.90 Å². The molecule has 2 aliphatic heterocycles. The molecule has 0 aromatic carbocycles. The second-order valence-electron chi connectivity index (χ2n) is 6.66. The van der Waals surface area contributed by atoms with Crippen molar-refractivity contribution in [2.75, 3.05) is 0 Å². The van der Waals surface area contributed by atoms with Gasteiger partial charge in [-0.25, -0.2) is 0 Å². The Bertz CT molecular complexity index is 737. The molecule has 0 saturated carbocycles. The average molecular weight is 378 g/mol. The Labute approximate surface area is 143 Å². The fraction of sp³-hybridized carbons (Fsp3) is 0.562. The van der Waals surface area contributed by atoms with E-state index < -0.39 is 0 Å². The van der Waals surface area contributed by atoms with Crippen LogP contribution < -0.4 is 0 Å². The number of halogens is 1. The molecule has 4 rings (SSSR count). The van der Waals surface area contributed by atoms with Gasteiger partial charge in [0.2, 0.25) is 0 Å². The molecule has 2 atom stereocenters. The van der Waals surface area contributed by atoms with Crippen molar-refractivity contribution in [2.45, 2.75) is 50.7 Å². The summed E-state index contributed by atoms with van der Waals surface area (Å²) in [5, 5.41) is 8.75. The van der Waals surface area contributed by atoms with Gasteiger partial charge in [-0.05, 0) is 54.6 Å². The van der Waals surface area contributed by atoms with Crippen molar-refractivity contribution in [1.82, 2.24) is 24.5 Å². The Morgan fingerprint density at radius 1 is 1.26 bits per heavy atom. The molecule has 122 valence electrons. The van der Waals surface area contributed by atoms with Gasteiger partial charge in [0.05, 0.1) is 22.4 Å². The first-order valence-electron chi connectivity index (χ1n) is 8.06. The van der Waals surface area contributed by atoms with Crippen LogP contribution in [0.15, 0.2) is 22.9 Å². The van der Waals surface area contributed by atoms with E-state index in [9.17, 15) is 4.79 Å². The second-order valence-corrected chi connectivity index (χ2v) is 7.57. The SMILES string of the molecule is Cc1cc(C(=O)N2C3CCC2CC(n2cc(Br)cn2)C3)n(C)n1. The smallest absolute Gasteiger partial charge is 0.272 e. The highest BCUT2D eigenvalue weighted by Gasteiger charge is 2.44. The summed E-state index contributed by atoms with van der Waals surface area (Å²) in [6.07, 6.45) is 8.00. The Morgan fingerprint density at radius 2 is 1.96 bits per heavy atom. The monoisotopic (exact) mass is 377 g/mol. The zero-order valence-corrected chi connectivity index (χ0v) is 14.9. The minimum atomic E-state index is 0.126. The van der Waals surface area contributed by atoms with Crippen LogP contribution in [0.1, 0.15) is 47.9 Å². The number of aromatic nitrogens is 4. The predicted octanol–water partition coefficient (Wildman–Crippen LogP) is 2.70. The molecule has 23 heavy (non-hydrogen) atoms. The van der Waals surface area contributed by atoms with Crippen molar-refractivity contribution in [3.63, 3.8) is 0 Å². The third-order valence-electron chi connectivity index (χ3n) is 5.11. The number of carbonyl (C=O) groups is 1. The molecule has 2 aliphatic rings. The lowest BCUT2D eigenvalue weighted by molar-refractivity contribution is 0.0513. The lowest BCUT2D eigenvalue weighted by Crippen LogP contribution is -2.47. The van der Waals surface area contributed by atoms with Crippen LogP contribution in [0.5, 0.6) is 0 Å². The van der Waals surface area contributed by atoms with Gasteiger partial charge in [0.25, 0.3) is 5.91 Å². The van der Waals surface area contributed by atoms with Gasteiger partial charge in [-0.15, -0.1) is 0 Å². The highest BCUT2D eigenvalue weighted by molar-refractivity contribution is 9.10. The summed E-state index contributed by atoms with van der Waals surface area (Å²) in [4.78, 5) is 15.1. The highest BCUT2D eigenvalue weighted by Crippen LogP contribution is 2.41. The van der Waals surface area contributed by atoms with E-state index in [4.69, 9.17) is 0 Å². The number of amides is 1. The molecule has 0 N–H and O–H groups in total. The molecule has 2 unspecified atom stereocenters. The van der Waals surface area contributed by atoms with Crippen LogP contribution in [0.2, 0.25) is 0 Å². The number of fused-ring (bicyclic) bond motifs is 2. The third kappa shape index (κ3) is 2.51. The fourth-order valence-electron chi connectivity index (χ4n) is 4.15. The topological polar surface area (TPSA) is 56.0 Å². The molecule has 2 fully saturated rings. The van der Waals surface area contributed by atoms with Gasteiger partial charge in [0.1, 0.15) is 5.69 Å². The second kappa shape index (κ2) is 5.47. The summed E-state index contributed by atoms with van der Waals surface area (Å²) in [7, 11) is 1.84. The molecule has 2 saturated heterocycles. The minimum absolute atomic E-state index is 0.126. The molecule has 4 heterocycles. The summed E-state index contributed by atoms with van der Waals surface area (Å²) in [5.41, 5.74) is 1.58. The van der Waals surface area contributed by atoms with Crippen LogP contribution in [0.4, 0.5) is 0 Å². The van der Waals surface area contributed by atoms with Crippen LogP contribution in [0.25, 0.3) is 0 Å². The van der Waals surface area contributed by atoms with Crippen LogP contribution in [0.3, 0.4) is 0 Å². The van der Waals surface area contributed by atoms with E-state index in [1.165, 1.54) is 0 Å². The minimum Gasteiger partial charge on any atom is -0.331 e. The van der Waals surface area contributed by atoms with E-state index in [2.05, 4.69) is 31.0 Å². The Kier molecular flexibility index (Phi) is 3.55. The van der Waals surface area contributed by atoms with Crippen molar-refractivity contribution in [3.05, 3.63) is 34.3 Å². The standard InChI is InChI=1S/C16H20BrN5O/c1-10-5-15(20(2)19-10)16(23)22-12-3-4-13(22)7-14(6-12)21-9-11(17)8-18-21/h5,8-9,12-14H,3-4,6-7H2,1-2H3. The first-order valence-corrected chi connectivity index (χ1v) is 8.85. The van der Waals surface area contributed by atoms with E-state index in [-0.39, 0.29) is 5.91 Å². The van der Waals surface area contributed by atoms with E-state index in [1.54, 1.807) is 4.68 Å². The number of nitrogens with zero attached hydrogens (tertiary/aromatic N) is 5. The first kappa shape index (κ1) is 14.9. The molecular formula is C16H20BrN5O. The number of rotatable bonds is 2. The van der Waals surface area contributed by atoms with Crippen LogP contribution in [0, 0.1) is 6.92 Å². The first-order chi connectivity index (χ1) is 11.0. The number of piperidine rings is 1. The van der Waals surface area contributed by atoms with Gasteiger partial charge in [-0.2, -0.15) is 10.2 Å². The normalized spacial score (nSPS) is 26.7. The average Bonchev–Trinajstić information content (AvgIpc) is 3.15. The quantitative estimate of drug-likeness (QED) is 0.808. The zero-order chi connectivity index (χ0) is 16.1. The molecular weight excluding hydrogens is 358 g/mol. The number of carbonyl (C=O) groups excluding carboxylic acids is 1. The van der Waals surface area contributed by atoms with Gasteiger partial charge in [0, 0.05) is 25.3 Å². The van der Waals surface area contributed by atoms with E-state index in [1.807, 2.05) is 37.1 Å². The van der Waals surface area contributed by atoms with Crippen molar-refractivity contribution >= 4 is 21.8 Å². The number of aryl methyl sites for hydroxylation is 2. The van der Waals surface area contributed by atoms with Gasteiger partial charge in [-0.3, -0.25) is 14.2 Å². The Balaban J connectivity index is 1.57. The van der Waals surface area contributed by atoms with Gasteiger partial charge >= 0.3 is 0 Å². The Morgan fingerprint density at radius 3 is 2.48 bits per heavy atom. The van der Waals surface area contributed by atoms with Crippen molar-refractivity contribution < 1.29 is 4.79 Å². The molecule has 7 heteroatoms. The number of hydrogen-bond acceptors (Lipinski definition) is 3. The summed E-state index contributed by atoms with van der Waals surface area (Å²) in [6, 6.07) is 2.89.